The van der Waals surface area contributed by atoms with Crippen molar-refractivity contribution in [3.05, 3.63) is 35.5 Å². The van der Waals surface area contributed by atoms with Crippen molar-refractivity contribution in [2.45, 2.75) is 13.2 Å². The molecule has 3 heteroatoms. The summed E-state index contributed by atoms with van der Waals surface area (Å²) in [7, 11) is 1.92. The first-order chi connectivity index (χ1) is 6.83. The number of aromatic nitrogens is 1. The van der Waals surface area contributed by atoms with Gasteiger partial charge in [0.1, 0.15) is 0 Å². The number of nitrogens with one attached hydrogen (secondary N) is 2. The highest BCUT2D eigenvalue weighted by atomic mass is 16.3. The lowest BCUT2D eigenvalue weighted by molar-refractivity contribution is 0.282. The molecule has 3 nitrogen and oxygen atoms in total. The molecule has 0 amide bonds. The van der Waals surface area contributed by atoms with Crippen LogP contribution in [-0.4, -0.2) is 17.1 Å². The lowest BCUT2D eigenvalue weighted by Crippen LogP contribution is -2.04. The van der Waals surface area contributed by atoms with Gasteiger partial charge in [-0.2, -0.15) is 0 Å². The second-order valence-electron chi connectivity index (χ2n) is 3.40. The summed E-state index contributed by atoms with van der Waals surface area (Å²) in [5, 5.41) is 13.3. The Hall–Kier alpha value is -1.32. The molecule has 3 N–H and O–H groups in total. The van der Waals surface area contributed by atoms with Crippen LogP contribution in [0.2, 0.25) is 0 Å². The van der Waals surface area contributed by atoms with Crippen LogP contribution >= 0.6 is 0 Å². The van der Waals surface area contributed by atoms with E-state index < -0.39 is 0 Å². The van der Waals surface area contributed by atoms with Crippen LogP contribution in [0.5, 0.6) is 0 Å². The van der Waals surface area contributed by atoms with Crippen molar-refractivity contribution in [3.8, 4) is 0 Å². The van der Waals surface area contributed by atoms with E-state index in [2.05, 4.69) is 16.4 Å². The number of H-pyrrole nitrogens is 1. The minimum atomic E-state index is 0.0936. The average Bonchev–Trinajstić information content (AvgIpc) is 2.59. The predicted octanol–water partition coefficient (Wildman–Crippen LogP) is 1.38. The van der Waals surface area contributed by atoms with E-state index in [4.69, 9.17) is 5.11 Å². The number of aliphatic hydroxyl groups excluding tert-OH is 1. The topological polar surface area (TPSA) is 48.0 Å². The smallest absolute Gasteiger partial charge is 0.0682 e. The van der Waals surface area contributed by atoms with Gasteiger partial charge in [-0.3, -0.25) is 0 Å². The fourth-order valence-electron chi connectivity index (χ4n) is 1.62. The summed E-state index contributed by atoms with van der Waals surface area (Å²) in [5.41, 5.74) is 3.19. The molecule has 0 saturated carbocycles. The maximum Gasteiger partial charge on any atom is 0.0682 e. The first-order valence-corrected chi connectivity index (χ1v) is 4.69. The Labute approximate surface area is 82.8 Å². The van der Waals surface area contributed by atoms with Gasteiger partial charge in [-0.05, 0) is 30.1 Å². The monoisotopic (exact) mass is 190 g/mol. The zero-order valence-corrected chi connectivity index (χ0v) is 8.17. The SMILES string of the molecule is CNCc1cc2ccc(CO)cc2[nH]1. The first kappa shape index (κ1) is 9.24. The van der Waals surface area contributed by atoms with Crippen LogP contribution in [0.1, 0.15) is 11.3 Å². The van der Waals surface area contributed by atoms with Gasteiger partial charge in [-0.25, -0.2) is 0 Å². The summed E-state index contributed by atoms with van der Waals surface area (Å²) in [6.45, 7) is 0.930. The van der Waals surface area contributed by atoms with Crippen molar-refractivity contribution < 1.29 is 5.11 Å². The number of fused-ring (bicyclic) bond motifs is 1. The van der Waals surface area contributed by atoms with E-state index in [9.17, 15) is 0 Å². The van der Waals surface area contributed by atoms with Gasteiger partial charge >= 0.3 is 0 Å². The standard InChI is InChI=1S/C11H14N2O/c1-12-6-10-5-9-3-2-8(7-14)4-11(9)13-10/h2-5,12-14H,6-7H2,1H3. The van der Waals surface area contributed by atoms with E-state index in [-0.39, 0.29) is 6.61 Å². The molecule has 0 bridgehead atoms. The highest BCUT2D eigenvalue weighted by Gasteiger charge is 2.00. The van der Waals surface area contributed by atoms with Crippen molar-refractivity contribution in [3.63, 3.8) is 0 Å². The van der Waals surface area contributed by atoms with Crippen LogP contribution in [0.4, 0.5) is 0 Å². The lowest BCUT2D eigenvalue weighted by Gasteiger charge is -1.95. The second-order valence-corrected chi connectivity index (χ2v) is 3.40. The van der Waals surface area contributed by atoms with E-state index in [1.807, 2.05) is 25.2 Å². The Balaban J connectivity index is 2.43. The Morgan fingerprint density at radius 1 is 1.36 bits per heavy atom. The molecule has 0 spiro atoms. The summed E-state index contributed by atoms with van der Waals surface area (Å²) in [6.07, 6.45) is 0. The van der Waals surface area contributed by atoms with Crippen LogP contribution in [0, 0.1) is 0 Å². The van der Waals surface area contributed by atoms with Crippen molar-refractivity contribution in [2.24, 2.45) is 0 Å². The van der Waals surface area contributed by atoms with E-state index in [0.29, 0.717) is 0 Å². The maximum absolute atomic E-state index is 8.98. The van der Waals surface area contributed by atoms with Gasteiger partial charge in [0.2, 0.25) is 0 Å². The van der Waals surface area contributed by atoms with Gasteiger partial charge in [-0.15, -0.1) is 0 Å². The maximum atomic E-state index is 8.98. The number of aliphatic hydroxyl groups is 1. The lowest BCUT2D eigenvalue weighted by atomic mass is 10.2. The molecule has 0 unspecified atom stereocenters. The fraction of sp³-hybridized carbons (Fsp3) is 0.273. The number of hydrogen-bond donors (Lipinski definition) is 3. The normalized spacial score (nSPS) is 11.0. The van der Waals surface area contributed by atoms with Gasteiger partial charge in [0.05, 0.1) is 6.61 Å². The van der Waals surface area contributed by atoms with Crippen LogP contribution in [0.25, 0.3) is 10.9 Å². The largest absolute Gasteiger partial charge is 0.392 e. The van der Waals surface area contributed by atoms with Crippen LogP contribution in [0.3, 0.4) is 0 Å². The van der Waals surface area contributed by atoms with E-state index in [1.165, 1.54) is 5.39 Å². The zero-order valence-electron chi connectivity index (χ0n) is 8.17. The number of hydrogen-bond acceptors (Lipinski definition) is 2. The van der Waals surface area contributed by atoms with Gasteiger partial charge in [-0.1, -0.05) is 12.1 Å². The fourth-order valence-corrected chi connectivity index (χ4v) is 1.62. The molecule has 74 valence electrons. The molecule has 1 aromatic carbocycles. The van der Waals surface area contributed by atoms with Crippen molar-refractivity contribution in [1.82, 2.24) is 10.3 Å². The average molecular weight is 190 g/mol. The third-order valence-corrected chi connectivity index (χ3v) is 2.29. The Morgan fingerprint density at radius 2 is 2.21 bits per heavy atom. The van der Waals surface area contributed by atoms with Gasteiger partial charge in [0, 0.05) is 17.8 Å². The Kier molecular flexibility index (Phi) is 2.52. The molecule has 0 fully saturated rings. The summed E-state index contributed by atoms with van der Waals surface area (Å²) in [6, 6.07) is 8.07. The predicted molar refractivity (Wildman–Crippen MR) is 57.0 cm³/mol. The highest BCUT2D eigenvalue weighted by Crippen LogP contribution is 2.17. The highest BCUT2D eigenvalue weighted by molar-refractivity contribution is 5.81. The molecule has 2 aromatic rings. The molecule has 0 saturated heterocycles. The van der Waals surface area contributed by atoms with E-state index in [0.717, 1.165) is 23.3 Å². The van der Waals surface area contributed by atoms with Crippen LogP contribution in [0.15, 0.2) is 24.3 Å². The molecule has 2 rings (SSSR count). The number of rotatable bonds is 3. The minimum absolute atomic E-state index is 0.0936. The third-order valence-electron chi connectivity index (χ3n) is 2.29. The molecule has 14 heavy (non-hydrogen) atoms. The Bertz CT molecular complexity index is 434. The van der Waals surface area contributed by atoms with Crippen molar-refractivity contribution in [1.29, 1.82) is 0 Å². The van der Waals surface area contributed by atoms with Crippen molar-refractivity contribution in [2.75, 3.05) is 7.05 Å². The van der Waals surface area contributed by atoms with Crippen molar-refractivity contribution >= 4 is 10.9 Å². The number of aromatic amines is 1. The number of benzene rings is 1. The quantitative estimate of drug-likeness (QED) is 0.684. The molecule has 0 aliphatic carbocycles. The molecular weight excluding hydrogens is 176 g/mol. The molecule has 1 aromatic heterocycles. The molecule has 1 heterocycles. The minimum Gasteiger partial charge on any atom is -0.392 e. The molecular formula is C11H14N2O. The summed E-state index contributed by atoms with van der Waals surface area (Å²) >= 11 is 0. The van der Waals surface area contributed by atoms with Crippen LogP contribution in [-0.2, 0) is 13.2 Å². The summed E-state index contributed by atoms with van der Waals surface area (Å²) in [5.74, 6) is 0. The third kappa shape index (κ3) is 1.64. The zero-order chi connectivity index (χ0) is 9.97. The second kappa shape index (κ2) is 3.82. The summed E-state index contributed by atoms with van der Waals surface area (Å²) < 4.78 is 0. The van der Waals surface area contributed by atoms with Gasteiger partial charge < -0.3 is 15.4 Å². The van der Waals surface area contributed by atoms with Gasteiger partial charge in [0.15, 0.2) is 0 Å². The van der Waals surface area contributed by atoms with E-state index in [1.54, 1.807) is 0 Å². The van der Waals surface area contributed by atoms with E-state index >= 15 is 0 Å². The Morgan fingerprint density at radius 3 is 2.93 bits per heavy atom. The van der Waals surface area contributed by atoms with Gasteiger partial charge in [0.25, 0.3) is 0 Å². The van der Waals surface area contributed by atoms with Crippen LogP contribution < -0.4 is 5.32 Å². The summed E-state index contributed by atoms with van der Waals surface area (Å²) in [4.78, 5) is 3.30. The molecule has 0 radical (unpaired) electrons. The molecule has 0 atom stereocenters. The molecule has 0 aliphatic rings. The molecule has 0 aliphatic heterocycles. The first-order valence-electron chi connectivity index (χ1n) is 4.69.